The van der Waals surface area contributed by atoms with Gasteiger partial charge in [-0.05, 0) is 18.2 Å². The highest BCUT2D eigenvalue weighted by molar-refractivity contribution is 9.10. The van der Waals surface area contributed by atoms with Crippen molar-refractivity contribution in [3.05, 3.63) is 39.4 Å². The Morgan fingerprint density at radius 1 is 1.25 bits per heavy atom. The summed E-state index contributed by atoms with van der Waals surface area (Å²) in [5, 5.41) is 0. The zero-order valence-corrected chi connectivity index (χ0v) is 12.1. The molecule has 0 aliphatic carbocycles. The van der Waals surface area contributed by atoms with Gasteiger partial charge in [-0.1, -0.05) is 15.9 Å². The Kier molecular flexibility index (Phi) is 2.32. The molecule has 0 atom stereocenters. The van der Waals surface area contributed by atoms with Crippen LogP contribution in [0.5, 0.6) is 11.6 Å². The van der Waals surface area contributed by atoms with E-state index >= 15 is 0 Å². The zero-order valence-electron chi connectivity index (χ0n) is 10.5. The van der Waals surface area contributed by atoms with E-state index in [1.165, 1.54) is 0 Å². The maximum Gasteiger partial charge on any atom is 0.226 e. The molecule has 2 aliphatic heterocycles. The summed E-state index contributed by atoms with van der Waals surface area (Å²) in [7, 11) is 0. The molecule has 4 rings (SSSR count). The van der Waals surface area contributed by atoms with Crippen LogP contribution >= 0.6 is 15.9 Å². The molecule has 0 fully saturated rings. The number of pyridine rings is 1. The van der Waals surface area contributed by atoms with Crippen molar-refractivity contribution in [2.45, 2.75) is 6.42 Å². The normalized spacial score (nSPS) is 14.9. The Hall–Kier alpha value is -2.08. The maximum absolute atomic E-state index is 6.25. The minimum Gasteiger partial charge on any atom is -0.438 e. The fourth-order valence-electron chi connectivity index (χ4n) is 2.47. The Labute approximate surface area is 123 Å². The number of halogens is 1. The summed E-state index contributed by atoms with van der Waals surface area (Å²) < 4.78 is 6.83. The smallest absolute Gasteiger partial charge is 0.226 e. The predicted molar refractivity (Wildman–Crippen MR) is 81.5 cm³/mol. The minimum atomic E-state index is 0.387. The fraction of sp³-hybridized carbons (Fsp3) is 0.143. The molecule has 100 valence electrons. The van der Waals surface area contributed by atoms with Gasteiger partial charge in [0.2, 0.25) is 5.88 Å². The molecular formula is C14H11BrN4O. The Bertz CT molecular complexity index is 785. The number of anilines is 2. The van der Waals surface area contributed by atoms with Crippen molar-refractivity contribution >= 4 is 33.1 Å². The lowest BCUT2D eigenvalue weighted by molar-refractivity contribution is 0.442. The minimum absolute atomic E-state index is 0.387. The third-order valence-corrected chi connectivity index (χ3v) is 4.03. The van der Waals surface area contributed by atoms with Crippen LogP contribution in [0.2, 0.25) is 0 Å². The van der Waals surface area contributed by atoms with Crippen LogP contribution < -0.4 is 16.2 Å². The number of nitrogens with zero attached hydrogens (tertiary/aromatic N) is 2. The van der Waals surface area contributed by atoms with Crippen LogP contribution in [0.25, 0.3) is 0 Å². The molecule has 0 saturated heterocycles. The lowest BCUT2D eigenvalue weighted by Crippen LogP contribution is -2.13. The van der Waals surface area contributed by atoms with Crippen LogP contribution in [0.1, 0.15) is 16.7 Å². The number of fused-ring (bicyclic) bond motifs is 2. The van der Waals surface area contributed by atoms with Crippen LogP contribution in [0.3, 0.4) is 0 Å². The second-order valence-electron chi connectivity index (χ2n) is 4.86. The van der Waals surface area contributed by atoms with E-state index in [1.807, 2.05) is 18.2 Å². The number of benzene rings is 1. The molecule has 4 N–H and O–H groups in total. The molecule has 0 saturated carbocycles. The van der Waals surface area contributed by atoms with Crippen molar-refractivity contribution in [2.24, 2.45) is 4.99 Å². The largest absolute Gasteiger partial charge is 0.438 e. The molecule has 1 aromatic carbocycles. The van der Waals surface area contributed by atoms with E-state index in [4.69, 9.17) is 16.2 Å². The fourth-order valence-corrected chi connectivity index (χ4v) is 2.88. The first-order chi connectivity index (χ1) is 9.63. The Morgan fingerprint density at radius 3 is 2.80 bits per heavy atom. The summed E-state index contributed by atoms with van der Waals surface area (Å²) in [6, 6.07) is 5.88. The van der Waals surface area contributed by atoms with Crippen molar-refractivity contribution in [3.63, 3.8) is 0 Å². The van der Waals surface area contributed by atoms with Crippen molar-refractivity contribution in [1.29, 1.82) is 0 Å². The van der Waals surface area contributed by atoms with Gasteiger partial charge in [-0.2, -0.15) is 4.98 Å². The van der Waals surface area contributed by atoms with Gasteiger partial charge in [0.1, 0.15) is 11.6 Å². The number of hydrogen-bond acceptors (Lipinski definition) is 5. The number of nitrogens with two attached hydrogens (primary N) is 2. The second kappa shape index (κ2) is 3.96. The van der Waals surface area contributed by atoms with Crippen molar-refractivity contribution in [2.75, 3.05) is 18.0 Å². The SMILES string of the molecule is Nc1nc2c(c(N)c1C1=NC1)Cc1cc(Br)ccc1O2. The first-order valence-electron chi connectivity index (χ1n) is 6.21. The molecule has 0 amide bonds. The zero-order chi connectivity index (χ0) is 13.9. The third-order valence-electron chi connectivity index (χ3n) is 3.53. The average Bonchev–Trinajstić information content (AvgIpc) is 3.22. The maximum atomic E-state index is 6.25. The van der Waals surface area contributed by atoms with Crippen LogP contribution in [0.15, 0.2) is 27.7 Å². The lowest BCUT2D eigenvalue weighted by Gasteiger charge is -2.22. The summed E-state index contributed by atoms with van der Waals surface area (Å²) in [5.41, 5.74) is 16.5. The van der Waals surface area contributed by atoms with E-state index in [0.29, 0.717) is 30.4 Å². The van der Waals surface area contributed by atoms with Crippen molar-refractivity contribution < 1.29 is 4.74 Å². The molecule has 0 radical (unpaired) electrons. The first kappa shape index (κ1) is 11.7. The number of hydrogen-bond donors (Lipinski definition) is 2. The van der Waals surface area contributed by atoms with E-state index in [2.05, 4.69) is 25.9 Å². The highest BCUT2D eigenvalue weighted by atomic mass is 79.9. The highest BCUT2D eigenvalue weighted by Gasteiger charge is 2.28. The van der Waals surface area contributed by atoms with E-state index in [0.717, 1.165) is 32.6 Å². The molecule has 3 heterocycles. The van der Waals surface area contributed by atoms with Gasteiger partial charge >= 0.3 is 0 Å². The third kappa shape index (κ3) is 1.68. The number of ether oxygens (including phenoxy) is 1. The number of nitrogen functional groups attached to an aromatic ring is 2. The monoisotopic (exact) mass is 330 g/mol. The van der Waals surface area contributed by atoms with E-state index in [9.17, 15) is 0 Å². The summed E-state index contributed by atoms with van der Waals surface area (Å²) in [6.45, 7) is 0.692. The van der Waals surface area contributed by atoms with Gasteiger partial charge in [-0.25, -0.2) is 0 Å². The van der Waals surface area contributed by atoms with Gasteiger partial charge in [-0.3, -0.25) is 4.99 Å². The Morgan fingerprint density at radius 2 is 2.05 bits per heavy atom. The van der Waals surface area contributed by atoms with Gasteiger partial charge in [0.05, 0.1) is 23.5 Å². The molecule has 0 unspecified atom stereocenters. The van der Waals surface area contributed by atoms with Crippen LogP contribution in [-0.2, 0) is 6.42 Å². The molecule has 20 heavy (non-hydrogen) atoms. The van der Waals surface area contributed by atoms with E-state index in [-0.39, 0.29) is 0 Å². The Balaban J connectivity index is 1.88. The van der Waals surface area contributed by atoms with Crippen LogP contribution in [0.4, 0.5) is 11.5 Å². The molecule has 2 aliphatic rings. The number of aromatic nitrogens is 1. The van der Waals surface area contributed by atoms with E-state index < -0.39 is 0 Å². The number of rotatable bonds is 1. The highest BCUT2D eigenvalue weighted by Crippen LogP contribution is 2.42. The van der Waals surface area contributed by atoms with E-state index in [1.54, 1.807) is 0 Å². The molecule has 6 heteroatoms. The molecule has 5 nitrogen and oxygen atoms in total. The van der Waals surface area contributed by atoms with Gasteiger partial charge in [0.25, 0.3) is 0 Å². The summed E-state index contributed by atoms with van der Waals surface area (Å²) >= 11 is 3.47. The van der Waals surface area contributed by atoms with Gasteiger partial charge < -0.3 is 16.2 Å². The quantitative estimate of drug-likeness (QED) is 0.717. The summed E-state index contributed by atoms with van der Waals surface area (Å²) in [4.78, 5) is 8.51. The molecular weight excluding hydrogens is 320 g/mol. The van der Waals surface area contributed by atoms with Gasteiger partial charge in [0, 0.05) is 22.0 Å². The van der Waals surface area contributed by atoms with Gasteiger partial charge in [-0.15, -0.1) is 0 Å². The van der Waals surface area contributed by atoms with Gasteiger partial charge in [0.15, 0.2) is 0 Å². The second-order valence-corrected chi connectivity index (χ2v) is 5.78. The molecule has 0 bridgehead atoms. The number of aliphatic imine (C=N–C) groups is 1. The van der Waals surface area contributed by atoms with Crippen LogP contribution in [0, 0.1) is 0 Å². The van der Waals surface area contributed by atoms with Crippen molar-refractivity contribution in [1.82, 2.24) is 4.98 Å². The van der Waals surface area contributed by atoms with Crippen LogP contribution in [-0.4, -0.2) is 17.2 Å². The standard InChI is InChI=1S/C14H11BrN4O/c15-7-1-2-10-6(3-7)4-8-12(16)11(9-5-18-9)13(17)19-14(8)20-10/h1-3H,4-5H2,(H4,16,17,19). The lowest BCUT2D eigenvalue weighted by atomic mass is 9.98. The summed E-state index contributed by atoms with van der Waals surface area (Å²) in [5.74, 6) is 1.68. The average molecular weight is 331 g/mol. The summed E-state index contributed by atoms with van der Waals surface area (Å²) in [6.07, 6.45) is 0.684. The predicted octanol–water partition coefficient (Wildman–Crippen LogP) is 2.51. The molecule has 1 aromatic heterocycles. The van der Waals surface area contributed by atoms with Crippen molar-refractivity contribution in [3.8, 4) is 11.6 Å². The first-order valence-corrected chi connectivity index (χ1v) is 7.00. The molecule has 2 aromatic rings. The molecule has 0 spiro atoms. The topological polar surface area (TPSA) is 86.5 Å².